The van der Waals surface area contributed by atoms with Crippen molar-refractivity contribution in [3.05, 3.63) is 36.4 Å². The highest BCUT2D eigenvalue weighted by Gasteiger charge is 2.06. The van der Waals surface area contributed by atoms with Crippen molar-refractivity contribution >= 4 is 35.5 Å². The summed E-state index contributed by atoms with van der Waals surface area (Å²) in [5.74, 6) is 0. The summed E-state index contributed by atoms with van der Waals surface area (Å²) >= 11 is 1.23. The van der Waals surface area contributed by atoms with Crippen molar-refractivity contribution in [3.8, 4) is 11.1 Å². The molecular weight excluding hydrogens is 268 g/mol. The summed E-state index contributed by atoms with van der Waals surface area (Å²) in [4.78, 5) is 1.20. The van der Waals surface area contributed by atoms with Crippen LogP contribution in [-0.2, 0) is 0 Å². The number of hydrogen-bond donors (Lipinski definition) is 4. The van der Waals surface area contributed by atoms with Gasteiger partial charge in [-0.3, -0.25) is 0 Å². The summed E-state index contributed by atoms with van der Waals surface area (Å²) in [7, 11) is 0. The minimum Gasteiger partial charge on any atom is -0.398 e. The molecule has 2 rings (SSSR count). The highest BCUT2D eigenvalue weighted by atomic mass is 32.2. The van der Waals surface area contributed by atoms with Crippen LogP contribution < -0.4 is 11.5 Å². The molecule has 6 N–H and O–H groups in total. The minimum atomic E-state index is 0.526. The molecule has 0 aliphatic rings. The standard InChI is InChI=1S/C12H12N2O2S2/c13-9-3-1-7(5-11(9)17-15)8-2-4-10(14)12(6-8)18-16/h1-6,15-16H,13-14H2. The highest BCUT2D eigenvalue weighted by Crippen LogP contribution is 2.32. The fraction of sp³-hybridized carbons (Fsp3) is 0. The highest BCUT2D eigenvalue weighted by molar-refractivity contribution is 7.94. The quantitative estimate of drug-likeness (QED) is 0.506. The van der Waals surface area contributed by atoms with E-state index in [1.54, 1.807) is 24.3 Å². The monoisotopic (exact) mass is 280 g/mol. The summed E-state index contributed by atoms with van der Waals surface area (Å²) < 4.78 is 18.2. The Bertz CT molecular complexity index is 524. The molecule has 0 atom stereocenters. The molecule has 0 radical (unpaired) electrons. The van der Waals surface area contributed by atoms with Crippen molar-refractivity contribution < 1.29 is 9.11 Å². The molecule has 18 heavy (non-hydrogen) atoms. The van der Waals surface area contributed by atoms with E-state index >= 15 is 0 Å². The molecule has 0 spiro atoms. The maximum absolute atomic E-state index is 9.11. The van der Waals surface area contributed by atoms with Gasteiger partial charge in [-0.1, -0.05) is 12.1 Å². The Hall–Kier alpha value is -1.34. The van der Waals surface area contributed by atoms with Gasteiger partial charge in [0.15, 0.2) is 0 Å². The summed E-state index contributed by atoms with van der Waals surface area (Å²) in [6.07, 6.45) is 0. The van der Waals surface area contributed by atoms with Gasteiger partial charge in [-0.15, -0.1) is 0 Å². The molecule has 0 unspecified atom stereocenters. The van der Waals surface area contributed by atoms with E-state index in [2.05, 4.69) is 0 Å². The van der Waals surface area contributed by atoms with Crippen LogP contribution in [0.5, 0.6) is 0 Å². The second-order valence-electron chi connectivity index (χ2n) is 3.69. The molecule has 94 valence electrons. The number of benzene rings is 2. The van der Waals surface area contributed by atoms with Crippen molar-refractivity contribution in [3.63, 3.8) is 0 Å². The molecule has 4 nitrogen and oxygen atoms in total. The Morgan fingerprint density at radius 2 is 1.11 bits per heavy atom. The minimum absolute atomic E-state index is 0.526. The summed E-state index contributed by atoms with van der Waals surface area (Å²) in [5, 5.41) is 0. The van der Waals surface area contributed by atoms with Crippen molar-refractivity contribution in [2.75, 3.05) is 11.5 Å². The van der Waals surface area contributed by atoms with Gasteiger partial charge in [-0.25, -0.2) is 0 Å². The van der Waals surface area contributed by atoms with Crippen LogP contribution >= 0.6 is 24.1 Å². The van der Waals surface area contributed by atoms with Crippen LogP contribution in [0.3, 0.4) is 0 Å². The van der Waals surface area contributed by atoms with Gasteiger partial charge in [0.1, 0.15) is 0 Å². The summed E-state index contributed by atoms with van der Waals surface area (Å²) in [6, 6.07) is 10.7. The van der Waals surface area contributed by atoms with Gasteiger partial charge in [-0.05, 0) is 35.4 Å². The smallest absolute Gasteiger partial charge is 0.0586 e. The number of anilines is 2. The molecule has 2 aromatic carbocycles. The average Bonchev–Trinajstić information content (AvgIpc) is 2.40. The third kappa shape index (κ3) is 2.56. The van der Waals surface area contributed by atoms with Crippen LogP contribution in [0.25, 0.3) is 11.1 Å². The zero-order chi connectivity index (χ0) is 13.1. The van der Waals surface area contributed by atoms with Crippen LogP contribution in [0.1, 0.15) is 0 Å². The zero-order valence-corrected chi connectivity index (χ0v) is 11.0. The predicted molar refractivity (Wildman–Crippen MR) is 77.7 cm³/mol. The number of nitrogen functional groups attached to an aromatic ring is 2. The topological polar surface area (TPSA) is 92.5 Å². The maximum Gasteiger partial charge on any atom is 0.0586 e. The fourth-order valence-corrected chi connectivity index (χ4v) is 2.29. The Kier molecular flexibility index (Phi) is 4.03. The van der Waals surface area contributed by atoms with E-state index < -0.39 is 0 Å². The van der Waals surface area contributed by atoms with Gasteiger partial charge in [-0.2, -0.15) is 0 Å². The molecule has 0 saturated heterocycles. The van der Waals surface area contributed by atoms with Crippen molar-refractivity contribution in [2.24, 2.45) is 0 Å². The normalized spacial score (nSPS) is 10.6. The largest absolute Gasteiger partial charge is 0.398 e. The number of hydrogen-bond acceptors (Lipinski definition) is 6. The van der Waals surface area contributed by atoms with Crippen LogP contribution in [0.2, 0.25) is 0 Å². The van der Waals surface area contributed by atoms with E-state index in [9.17, 15) is 0 Å². The third-order valence-electron chi connectivity index (χ3n) is 2.56. The van der Waals surface area contributed by atoms with Gasteiger partial charge in [0.05, 0.1) is 9.79 Å². The lowest BCUT2D eigenvalue weighted by atomic mass is 10.1. The summed E-state index contributed by atoms with van der Waals surface area (Å²) in [5.41, 5.74) is 14.3. The van der Waals surface area contributed by atoms with E-state index in [0.717, 1.165) is 11.1 Å². The third-order valence-corrected chi connectivity index (χ3v) is 3.66. The Balaban J connectivity index is 2.48. The van der Waals surface area contributed by atoms with Gasteiger partial charge < -0.3 is 20.6 Å². The van der Waals surface area contributed by atoms with E-state index in [-0.39, 0.29) is 0 Å². The van der Waals surface area contributed by atoms with E-state index in [0.29, 0.717) is 45.3 Å². The molecule has 0 heterocycles. The zero-order valence-electron chi connectivity index (χ0n) is 9.33. The molecule has 0 fully saturated rings. The first-order chi connectivity index (χ1) is 8.65. The second kappa shape index (κ2) is 5.53. The van der Waals surface area contributed by atoms with Gasteiger partial charge in [0.25, 0.3) is 0 Å². The molecule has 0 amide bonds. The first-order valence-electron chi connectivity index (χ1n) is 5.08. The number of rotatable bonds is 3. The Morgan fingerprint density at radius 1 is 0.722 bits per heavy atom. The lowest BCUT2D eigenvalue weighted by Gasteiger charge is -2.08. The molecule has 6 heteroatoms. The maximum atomic E-state index is 9.11. The molecular formula is C12H12N2O2S2. The first kappa shape index (κ1) is 13.1. The van der Waals surface area contributed by atoms with E-state index in [4.69, 9.17) is 20.6 Å². The van der Waals surface area contributed by atoms with Gasteiger partial charge in [0.2, 0.25) is 0 Å². The molecule has 0 saturated carbocycles. The molecule has 0 aromatic heterocycles. The SMILES string of the molecule is Nc1ccc(-c2ccc(N)c(SO)c2)cc1SO. The van der Waals surface area contributed by atoms with Crippen molar-refractivity contribution in [1.29, 1.82) is 0 Å². The Labute approximate surface area is 113 Å². The van der Waals surface area contributed by atoms with Crippen LogP contribution in [0.15, 0.2) is 46.2 Å². The van der Waals surface area contributed by atoms with Crippen LogP contribution in [-0.4, -0.2) is 9.11 Å². The van der Waals surface area contributed by atoms with E-state index in [1.807, 2.05) is 12.1 Å². The molecule has 0 aliphatic heterocycles. The molecule has 2 aromatic rings. The van der Waals surface area contributed by atoms with Gasteiger partial charge >= 0.3 is 0 Å². The number of nitrogens with two attached hydrogens (primary N) is 2. The van der Waals surface area contributed by atoms with Crippen molar-refractivity contribution in [2.45, 2.75) is 9.79 Å². The lowest BCUT2D eigenvalue weighted by Crippen LogP contribution is -1.91. The Morgan fingerprint density at radius 3 is 1.44 bits per heavy atom. The lowest BCUT2D eigenvalue weighted by molar-refractivity contribution is 0.663. The molecule has 0 bridgehead atoms. The van der Waals surface area contributed by atoms with E-state index in [1.165, 1.54) is 0 Å². The predicted octanol–water partition coefficient (Wildman–Crippen LogP) is 3.65. The van der Waals surface area contributed by atoms with Crippen molar-refractivity contribution in [1.82, 2.24) is 0 Å². The molecule has 0 aliphatic carbocycles. The van der Waals surface area contributed by atoms with Gasteiger partial charge in [0, 0.05) is 35.5 Å². The van der Waals surface area contributed by atoms with Crippen LogP contribution in [0.4, 0.5) is 11.4 Å². The fourth-order valence-electron chi connectivity index (χ4n) is 1.59. The average molecular weight is 280 g/mol. The summed E-state index contributed by atoms with van der Waals surface area (Å²) in [6.45, 7) is 0. The second-order valence-corrected chi connectivity index (χ2v) is 4.93. The van der Waals surface area contributed by atoms with Crippen LogP contribution in [0, 0.1) is 0 Å². The first-order valence-corrected chi connectivity index (χ1v) is 6.62.